The fourth-order valence-electron chi connectivity index (χ4n) is 2.32. The number of nitrogens with one attached hydrogen (secondary N) is 1. The number of aryl methyl sites for hydroxylation is 1. The normalized spacial score (nSPS) is 11.0. The standard InChI is InChI=1S/C18H16ClN5O/c1-12-15(17(19)24(23-12)13-7-3-2-4-8-13)11-21-22-18(25)14-9-5-6-10-16(14)20/h2-11H,20H2,1H3,(H,22,25)/b21-11-. The van der Waals surface area contributed by atoms with E-state index in [1.807, 2.05) is 37.3 Å². The molecule has 126 valence electrons. The number of benzene rings is 2. The first-order valence-electron chi connectivity index (χ1n) is 7.56. The van der Waals surface area contributed by atoms with Gasteiger partial charge in [-0.25, -0.2) is 10.1 Å². The number of nitrogens with zero attached hydrogens (tertiary/aromatic N) is 3. The number of aromatic nitrogens is 2. The van der Waals surface area contributed by atoms with E-state index >= 15 is 0 Å². The maximum Gasteiger partial charge on any atom is 0.273 e. The Morgan fingerprint density at radius 2 is 1.88 bits per heavy atom. The number of nitrogens with two attached hydrogens (primary N) is 1. The summed E-state index contributed by atoms with van der Waals surface area (Å²) in [4.78, 5) is 12.1. The summed E-state index contributed by atoms with van der Waals surface area (Å²) < 4.78 is 1.62. The van der Waals surface area contributed by atoms with Crippen LogP contribution in [-0.2, 0) is 0 Å². The van der Waals surface area contributed by atoms with Crippen LogP contribution in [0, 0.1) is 6.92 Å². The van der Waals surface area contributed by atoms with Gasteiger partial charge in [0.15, 0.2) is 0 Å². The van der Waals surface area contributed by atoms with E-state index in [9.17, 15) is 4.79 Å². The molecule has 2 aromatic carbocycles. The zero-order valence-electron chi connectivity index (χ0n) is 13.5. The monoisotopic (exact) mass is 353 g/mol. The summed E-state index contributed by atoms with van der Waals surface area (Å²) in [7, 11) is 0. The SMILES string of the molecule is Cc1nn(-c2ccccc2)c(Cl)c1/C=N\NC(=O)c1ccccc1N. The van der Waals surface area contributed by atoms with E-state index in [2.05, 4.69) is 15.6 Å². The summed E-state index contributed by atoms with van der Waals surface area (Å²) in [6, 6.07) is 16.3. The highest BCUT2D eigenvalue weighted by Crippen LogP contribution is 2.21. The molecule has 0 aliphatic carbocycles. The fraction of sp³-hybridized carbons (Fsp3) is 0.0556. The number of hydrazone groups is 1. The van der Waals surface area contributed by atoms with Gasteiger partial charge >= 0.3 is 0 Å². The van der Waals surface area contributed by atoms with Crippen molar-refractivity contribution in [3.63, 3.8) is 0 Å². The number of rotatable bonds is 4. The molecular formula is C18H16ClN5O. The Balaban J connectivity index is 1.80. The van der Waals surface area contributed by atoms with E-state index < -0.39 is 5.91 Å². The molecule has 3 rings (SSSR count). The van der Waals surface area contributed by atoms with Crippen LogP contribution in [0.3, 0.4) is 0 Å². The van der Waals surface area contributed by atoms with E-state index in [4.69, 9.17) is 17.3 Å². The minimum Gasteiger partial charge on any atom is -0.398 e. The number of nitrogen functional groups attached to an aromatic ring is 1. The van der Waals surface area contributed by atoms with Crippen LogP contribution in [0.25, 0.3) is 5.69 Å². The Kier molecular flexibility index (Phi) is 4.81. The van der Waals surface area contributed by atoms with Gasteiger partial charge in [0.2, 0.25) is 0 Å². The number of amides is 1. The lowest BCUT2D eigenvalue weighted by molar-refractivity contribution is 0.0956. The smallest absolute Gasteiger partial charge is 0.273 e. The molecule has 0 aliphatic heterocycles. The van der Waals surface area contributed by atoms with E-state index in [-0.39, 0.29) is 0 Å². The van der Waals surface area contributed by atoms with Gasteiger partial charge in [0.05, 0.1) is 28.7 Å². The van der Waals surface area contributed by atoms with Crippen molar-refractivity contribution < 1.29 is 4.79 Å². The lowest BCUT2D eigenvalue weighted by Gasteiger charge is -2.03. The molecule has 0 fully saturated rings. The summed E-state index contributed by atoms with van der Waals surface area (Å²) in [6.45, 7) is 1.82. The highest BCUT2D eigenvalue weighted by Gasteiger charge is 2.13. The van der Waals surface area contributed by atoms with Crippen LogP contribution >= 0.6 is 11.6 Å². The van der Waals surface area contributed by atoms with E-state index in [1.165, 1.54) is 6.21 Å². The average Bonchev–Trinajstić information content (AvgIpc) is 2.91. The molecule has 0 saturated heterocycles. The molecular weight excluding hydrogens is 338 g/mol. The Hall–Kier alpha value is -3.12. The third kappa shape index (κ3) is 3.54. The van der Waals surface area contributed by atoms with Gasteiger partial charge < -0.3 is 5.73 Å². The molecule has 0 saturated carbocycles. The first kappa shape index (κ1) is 16.7. The third-order valence-corrected chi connectivity index (χ3v) is 3.98. The zero-order valence-corrected chi connectivity index (χ0v) is 14.2. The minimum absolute atomic E-state index is 0.363. The third-order valence-electron chi connectivity index (χ3n) is 3.61. The van der Waals surface area contributed by atoms with Crippen LogP contribution < -0.4 is 11.2 Å². The number of hydrogen-bond acceptors (Lipinski definition) is 4. The van der Waals surface area contributed by atoms with Gasteiger partial charge in [-0.1, -0.05) is 41.9 Å². The number of carbonyl (C=O) groups excluding carboxylic acids is 1. The van der Waals surface area contributed by atoms with E-state index in [1.54, 1.807) is 28.9 Å². The van der Waals surface area contributed by atoms with Gasteiger partial charge in [0.1, 0.15) is 5.15 Å². The second-order valence-electron chi connectivity index (χ2n) is 5.32. The van der Waals surface area contributed by atoms with Crippen molar-refractivity contribution in [2.45, 2.75) is 6.92 Å². The second-order valence-corrected chi connectivity index (χ2v) is 5.68. The molecule has 1 aromatic heterocycles. The molecule has 0 radical (unpaired) electrons. The Morgan fingerprint density at radius 3 is 2.60 bits per heavy atom. The van der Waals surface area contributed by atoms with Crippen molar-refractivity contribution in [2.24, 2.45) is 5.10 Å². The Bertz CT molecular complexity index is 934. The van der Waals surface area contributed by atoms with Gasteiger partial charge in [0, 0.05) is 5.69 Å². The van der Waals surface area contributed by atoms with Crippen molar-refractivity contribution in [3.8, 4) is 5.69 Å². The topological polar surface area (TPSA) is 85.3 Å². The lowest BCUT2D eigenvalue weighted by atomic mass is 10.2. The van der Waals surface area contributed by atoms with Crippen LogP contribution in [0.15, 0.2) is 59.7 Å². The number of halogens is 1. The first-order valence-corrected chi connectivity index (χ1v) is 7.94. The number of para-hydroxylation sites is 2. The van der Waals surface area contributed by atoms with Crippen molar-refractivity contribution in [1.29, 1.82) is 0 Å². The van der Waals surface area contributed by atoms with Crippen molar-refractivity contribution in [1.82, 2.24) is 15.2 Å². The fourth-order valence-corrected chi connectivity index (χ4v) is 2.64. The van der Waals surface area contributed by atoms with Crippen molar-refractivity contribution in [2.75, 3.05) is 5.73 Å². The number of anilines is 1. The molecule has 1 heterocycles. The molecule has 0 atom stereocenters. The molecule has 3 N–H and O–H groups in total. The Labute approximate surface area is 149 Å². The van der Waals surface area contributed by atoms with Crippen LogP contribution in [0.5, 0.6) is 0 Å². The highest BCUT2D eigenvalue weighted by molar-refractivity contribution is 6.32. The average molecular weight is 354 g/mol. The Morgan fingerprint density at radius 1 is 1.20 bits per heavy atom. The van der Waals surface area contributed by atoms with E-state index in [0.29, 0.717) is 27.7 Å². The molecule has 0 aliphatic rings. The quantitative estimate of drug-likeness (QED) is 0.429. The number of carbonyl (C=O) groups is 1. The number of hydrogen-bond donors (Lipinski definition) is 2. The maximum absolute atomic E-state index is 12.1. The predicted octanol–water partition coefficient (Wildman–Crippen LogP) is 3.18. The van der Waals surface area contributed by atoms with Gasteiger partial charge in [-0.15, -0.1) is 0 Å². The van der Waals surface area contributed by atoms with Crippen LogP contribution in [-0.4, -0.2) is 21.9 Å². The predicted molar refractivity (Wildman–Crippen MR) is 99.2 cm³/mol. The van der Waals surface area contributed by atoms with Crippen LogP contribution in [0.1, 0.15) is 21.6 Å². The first-order chi connectivity index (χ1) is 12.1. The second kappa shape index (κ2) is 7.19. The minimum atomic E-state index is -0.390. The van der Waals surface area contributed by atoms with E-state index in [0.717, 1.165) is 5.69 Å². The molecule has 6 nitrogen and oxygen atoms in total. The van der Waals surface area contributed by atoms with Crippen molar-refractivity contribution >= 4 is 29.4 Å². The van der Waals surface area contributed by atoms with Crippen LogP contribution in [0.2, 0.25) is 5.15 Å². The molecule has 7 heteroatoms. The molecule has 3 aromatic rings. The lowest BCUT2D eigenvalue weighted by Crippen LogP contribution is -2.19. The summed E-state index contributed by atoms with van der Waals surface area (Å²) in [6.07, 6.45) is 1.47. The highest BCUT2D eigenvalue weighted by atomic mass is 35.5. The largest absolute Gasteiger partial charge is 0.398 e. The van der Waals surface area contributed by atoms with Crippen molar-refractivity contribution in [3.05, 3.63) is 76.6 Å². The van der Waals surface area contributed by atoms with Gasteiger partial charge in [0.25, 0.3) is 5.91 Å². The molecule has 0 spiro atoms. The molecule has 0 bridgehead atoms. The summed E-state index contributed by atoms with van der Waals surface area (Å²) >= 11 is 6.40. The maximum atomic E-state index is 12.1. The molecule has 25 heavy (non-hydrogen) atoms. The summed E-state index contributed by atoms with van der Waals surface area (Å²) in [5.41, 5.74) is 11.1. The molecule has 0 unspecified atom stereocenters. The van der Waals surface area contributed by atoms with Gasteiger partial charge in [-0.3, -0.25) is 4.79 Å². The summed E-state index contributed by atoms with van der Waals surface area (Å²) in [5, 5.41) is 8.80. The van der Waals surface area contributed by atoms with Gasteiger partial charge in [-0.2, -0.15) is 10.2 Å². The van der Waals surface area contributed by atoms with Gasteiger partial charge in [-0.05, 0) is 31.2 Å². The molecule has 1 amide bonds. The zero-order chi connectivity index (χ0) is 17.8. The van der Waals surface area contributed by atoms with Crippen LogP contribution in [0.4, 0.5) is 5.69 Å². The summed E-state index contributed by atoms with van der Waals surface area (Å²) in [5.74, 6) is -0.390.